The Bertz CT molecular complexity index is 663. The number of likely N-dealkylation sites (tertiary alicyclic amines) is 2. The molecule has 154 valence electrons. The molecular formula is C23H34N2O3. The second-order valence-electron chi connectivity index (χ2n) is 8.98. The summed E-state index contributed by atoms with van der Waals surface area (Å²) in [6.07, 6.45) is 7.42. The predicted octanol–water partition coefficient (Wildman–Crippen LogP) is 2.71. The summed E-state index contributed by atoms with van der Waals surface area (Å²) < 4.78 is 5.19. The first kappa shape index (κ1) is 19.7. The van der Waals surface area contributed by atoms with Gasteiger partial charge in [-0.2, -0.15) is 0 Å². The van der Waals surface area contributed by atoms with Gasteiger partial charge in [0.1, 0.15) is 5.75 Å². The zero-order valence-electron chi connectivity index (χ0n) is 17.1. The molecule has 1 aromatic carbocycles. The van der Waals surface area contributed by atoms with Crippen molar-refractivity contribution in [2.75, 3.05) is 39.9 Å². The second-order valence-corrected chi connectivity index (χ2v) is 8.98. The number of rotatable bonds is 6. The number of hydrogen-bond donors (Lipinski definition) is 1. The van der Waals surface area contributed by atoms with Crippen LogP contribution >= 0.6 is 0 Å². The number of carbonyl (C=O) groups is 1. The third-order valence-electron chi connectivity index (χ3n) is 7.55. The lowest BCUT2D eigenvalue weighted by molar-refractivity contribution is -0.134. The van der Waals surface area contributed by atoms with Crippen LogP contribution in [0.15, 0.2) is 24.3 Å². The molecule has 0 aromatic heterocycles. The Kier molecular flexibility index (Phi) is 5.93. The number of ether oxygens (including phenoxy) is 1. The van der Waals surface area contributed by atoms with Crippen molar-refractivity contribution in [2.24, 2.45) is 11.3 Å². The summed E-state index contributed by atoms with van der Waals surface area (Å²) in [5.74, 6) is 1.49. The summed E-state index contributed by atoms with van der Waals surface area (Å²) in [5, 5.41) is 9.98. The van der Waals surface area contributed by atoms with Crippen LogP contribution in [0, 0.1) is 11.3 Å². The fourth-order valence-electron chi connectivity index (χ4n) is 5.33. The van der Waals surface area contributed by atoms with Gasteiger partial charge >= 0.3 is 0 Å². The minimum Gasteiger partial charge on any atom is -0.497 e. The number of benzene rings is 1. The molecule has 1 aromatic rings. The SMILES string of the molecule is COc1ccc(CCC(=O)N2CCC3(CC2)CN(C2CCC2)CC3CO)cc1. The Balaban J connectivity index is 1.28. The maximum absolute atomic E-state index is 12.7. The third kappa shape index (κ3) is 3.92. The van der Waals surface area contributed by atoms with Crippen molar-refractivity contribution in [1.29, 1.82) is 0 Å². The van der Waals surface area contributed by atoms with E-state index in [-0.39, 0.29) is 17.9 Å². The average molecular weight is 387 g/mol. The first-order valence-corrected chi connectivity index (χ1v) is 10.9. The van der Waals surface area contributed by atoms with Gasteiger partial charge in [0.25, 0.3) is 0 Å². The standard InChI is InChI=1S/C23H34N2O3/c1-28-21-8-5-18(6-9-21)7-10-22(27)24-13-11-23(12-14-24)17-25(15-19(23)16-26)20-3-2-4-20/h5-6,8-9,19-20,26H,2-4,7,10-17H2,1H3. The molecule has 5 nitrogen and oxygen atoms in total. The molecule has 1 unspecified atom stereocenters. The topological polar surface area (TPSA) is 53.0 Å². The van der Waals surface area contributed by atoms with Crippen LogP contribution < -0.4 is 4.74 Å². The van der Waals surface area contributed by atoms with Crippen LogP contribution in [-0.2, 0) is 11.2 Å². The molecule has 2 saturated heterocycles. The Labute approximate surface area is 168 Å². The Morgan fingerprint density at radius 3 is 2.50 bits per heavy atom. The number of hydrogen-bond acceptors (Lipinski definition) is 4. The van der Waals surface area contributed by atoms with E-state index in [9.17, 15) is 9.90 Å². The molecule has 1 spiro atoms. The number of aliphatic hydroxyl groups is 1. The van der Waals surface area contributed by atoms with E-state index in [1.54, 1.807) is 7.11 Å². The van der Waals surface area contributed by atoms with Crippen LogP contribution in [0.5, 0.6) is 5.75 Å². The largest absolute Gasteiger partial charge is 0.497 e. The van der Waals surface area contributed by atoms with Crippen LogP contribution in [0.2, 0.25) is 0 Å². The molecule has 0 bridgehead atoms. The number of amides is 1. The van der Waals surface area contributed by atoms with Crippen molar-refractivity contribution in [3.63, 3.8) is 0 Å². The van der Waals surface area contributed by atoms with Gasteiger partial charge in [-0.1, -0.05) is 18.6 Å². The minimum absolute atomic E-state index is 0.219. The number of aliphatic hydroxyl groups excluding tert-OH is 1. The first-order chi connectivity index (χ1) is 13.6. The molecular weight excluding hydrogens is 352 g/mol. The van der Waals surface area contributed by atoms with Crippen molar-refractivity contribution in [3.05, 3.63) is 29.8 Å². The zero-order valence-corrected chi connectivity index (χ0v) is 17.1. The molecule has 2 heterocycles. The molecule has 1 amide bonds. The molecule has 1 atom stereocenters. The maximum Gasteiger partial charge on any atom is 0.222 e. The number of carbonyl (C=O) groups excluding carboxylic acids is 1. The summed E-state index contributed by atoms with van der Waals surface area (Å²) in [6, 6.07) is 8.73. The molecule has 0 radical (unpaired) electrons. The fraction of sp³-hybridized carbons (Fsp3) is 0.696. The van der Waals surface area contributed by atoms with Crippen molar-refractivity contribution in [3.8, 4) is 5.75 Å². The van der Waals surface area contributed by atoms with Gasteiger partial charge in [0, 0.05) is 51.2 Å². The molecule has 4 rings (SSSR count). The summed E-state index contributed by atoms with van der Waals surface area (Å²) in [6.45, 7) is 4.14. The van der Waals surface area contributed by atoms with Gasteiger partial charge in [0.05, 0.1) is 7.11 Å². The van der Waals surface area contributed by atoms with Crippen LogP contribution in [0.4, 0.5) is 0 Å². The van der Waals surface area contributed by atoms with Gasteiger partial charge in [0.15, 0.2) is 0 Å². The molecule has 1 N–H and O–H groups in total. The van der Waals surface area contributed by atoms with E-state index in [1.807, 2.05) is 24.3 Å². The average Bonchev–Trinajstić information content (AvgIpc) is 3.03. The van der Waals surface area contributed by atoms with Crippen molar-refractivity contribution in [2.45, 2.75) is 51.0 Å². The molecule has 28 heavy (non-hydrogen) atoms. The van der Waals surface area contributed by atoms with Gasteiger partial charge in [-0.3, -0.25) is 9.69 Å². The van der Waals surface area contributed by atoms with Crippen LogP contribution in [0.25, 0.3) is 0 Å². The van der Waals surface area contributed by atoms with Gasteiger partial charge in [-0.25, -0.2) is 0 Å². The Hall–Kier alpha value is -1.59. The van der Waals surface area contributed by atoms with Gasteiger partial charge in [0.2, 0.25) is 5.91 Å². The Morgan fingerprint density at radius 2 is 1.93 bits per heavy atom. The highest BCUT2D eigenvalue weighted by molar-refractivity contribution is 5.76. The fourth-order valence-corrected chi connectivity index (χ4v) is 5.33. The van der Waals surface area contributed by atoms with Gasteiger partial charge in [-0.15, -0.1) is 0 Å². The van der Waals surface area contributed by atoms with E-state index >= 15 is 0 Å². The normalized spacial score (nSPS) is 25.1. The molecule has 3 fully saturated rings. The Morgan fingerprint density at radius 1 is 1.21 bits per heavy atom. The maximum atomic E-state index is 12.7. The van der Waals surface area contributed by atoms with Crippen molar-refractivity contribution < 1.29 is 14.6 Å². The van der Waals surface area contributed by atoms with E-state index in [0.29, 0.717) is 12.3 Å². The highest BCUT2D eigenvalue weighted by atomic mass is 16.5. The van der Waals surface area contributed by atoms with E-state index in [1.165, 1.54) is 24.8 Å². The molecule has 3 aliphatic rings. The molecule has 1 aliphatic carbocycles. The zero-order chi connectivity index (χ0) is 19.6. The lowest BCUT2D eigenvalue weighted by Crippen LogP contribution is -2.47. The van der Waals surface area contributed by atoms with Crippen LogP contribution in [-0.4, -0.2) is 66.8 Å². The highest BCUT2D eigenvalue weighted by Crippen LogP contribution is 2.46. The quantitative estimate of drug-likeness (QED) is 0.817. The third-order valence-corrected chi connectivity index (χ3v) is 7.55. The van der Waals surface area contributed by atoms with Crippen LogP contribution in [0.3, 0.4) is 0 Å². The summed E-state index contributed by atoms with van der Waals surface area (Å²) in [5.41, 5.74) is 1.40. The van der Waals surface area contributed by atoms with Crippen molar-refractivity contribution in [1.82, 2.24) is 9.80 Å². The summed E-state index contributed by atoms with van der Waals surface area (Å²) in [4.78, 5) is 17.4. The molecule has 2 aliphatic heterocycles. The summed E-state index contributed by atoms with van der Waals surface area (Å²) >= 11 is 0. The lowest BCUT2D eigenvalue weighted by atomic mass is 9.71. The number of piperidine rings is 1. The van der Waals surface area contributed by atoms with E-state index < -0.39 is 0 Å². The van der Waals surface area contributed by atoms with E-state index in [2.05, 4.69) is 9.80 Å². The highest BCUT2D eigenvalue weighted by Gasteiger charge is 2.49. The first-order valence-electron chi connectivity index (χ1n) is 10.9. The molecule has 1 saturated carbocycles. The van der Waals surface area contributed by atoms with Crippen molar-refractivity contribution >= 4 is 5.91 Å². The second kappa shape index (κ2) is 8.42. The van der Waals surface area contributed by atoms with E-state index in [4.69, 9.17) is 4.74 Å². The number of aryl methyl sites for hydroxylation is 1. The predicted molar refractivity (Wildman–Crippen MR) is 109 cm³/mol. The van der Waals surface area contributed by atoms with Crippen LogP contribution in [0.1, 0.15) is 44.1 Å². The van der Waals surface area contributed by atoms with E-state index in [0.717, 1.165) is 57.2 Å². The van der Waals surface area contributed by atoms with Gasteiger partial charge < -0.3 is 14.7 Å². The van der Waals surface area contributed by atoms with Gasteiger partial charge in [-0.05, 0) is 55.2 Å². The number of methoxy groups -OCH3 is 1. The molecule has 5 heteroatoms. The minimum atomic E-state index is 0.219. The summed E-state index contributed by atoms with van der Waals surface area (Å²) in [7, 11) is 1.67. The monoisotopic (exact) mass is 386 g/mol. The smallest absolute Gasteiger partial charge is 0.222 e. The lowest BCUT2D eigenvalue weighted by Gasteiger charge is -2.43. The number of nitrogens with zero attached hydrogens (tertiary/aromatic N) is 2.